The van der Waals surface area contributed by atoms with Crippen LogP contribution in [0.5, 0.6) is 0 Å². The van der Waals surface area contributed by atoms with Gasteiger partial charge in [0.25, 0.3) is 0 Å². The van der Waals surface area contributed by atoms with Crippen molar-refractivity contribution in [3.05, 3.63) is 0 Å². The minimum absolute atomic E-state index is 0.353. The van der Waals surface area contributed by atoms with Crippen LogP contribution in [0.1, 0.15) is 13.3 Å². The maximum absolute atomic E-state index is 12.6. The molecule has 1 atom stereocenters. The fourth-order valence-electron chi connectivity index (χ4n) is 0.654. The molecule has 0 aromatic heterocycles. The van der Waals surface area contributed by atoms with Gasteiger partial charge in [0.2, 0.25) is 0 Å². The highest BCUT2D eigenvalue weighted by Gasteiger charge is 2.57. The number of rotatable bonds is 4. The molecule has 1 N–H and O–H groups in total. The van der Waals surface area contributed by atoms with E-state index in [4.69, 9.17) is 5.11 Å². The van der Waals surface area contributed by atoms with Crippen molar-refractivity contribution >= 4 is 15.9 Å². The summed E-state index contributed by atoms with van der Waals surface area (Å²) < 4.78 is 49.5. The predicted octanol–water partition coefficient (Wildman–Crippen LogP) is 2.63. The van der Waals surface area contributed by atoms with Crippen LogP contribution in [-0.2, 0) is 0 Å². The molecule has 1 nitrogen and oxygen atoms in total. The standard InChI is InChI=1S/C6H9BrF4O/c1-4(2-3-12)5(8,9)6(7,10)11/h4,12H,2-3H2,1H3. The lowest BCUT2D eigenvalue weighted by Gasteiger charge is -2.26. The molecule has 0 aliphatic heterocycles. The van der Waals surface area contributed by atoms with Crippen LogP contribution in [0.15, 0.2) is 0 Å². The third-order valence-corrected chi connectivity index (χ3v) is 2.09. The monoisotopic (exact) mass is 252 g/mol. The molecule has 0 saturated heterocycles. The van der Waals surface area contributed by atoms with Crippen LogP contribution in [0.2, 0.25) is 0 Å². The third-order valence-electron chi connectivity index (χ3n) is 1.56. The molecule has 0 bridgehead atoms. The van der Waals surface area contributed by atoms with Crippen molar-refractivity contribution in [1.82, 2.24) is 0 Å². The molecule has 0 saturated carbocycles. The van der Waals surface area contributed by atoms with Crippen molar-refractivity contribution in [1.29, 1.82) is 0 Å². The zero-order valence-corrected chi connectivity index (χ0v) is 7.91. The predicted molar refractivity (Wildman–Crippen MR) is 39.7 cm³/mol. The van der Waals surface area contributed by atoms with Crippen molar-refractivity contribution in [3.63, 3.8) is 0 Å². The zero-order valence-electron chi connectivity index (χ0n) is 6.33. The first-order valence-electron chi connectivity index (χ1n) is 3.29. The van der Waals surface area contributed by atoms with Gasteiger partial charge in [-0.25, -0.2) is 0 Å². The third kappa shape index (κ3) is 2.58. The van der Waals surface area contributed by atoms with Crippen LogP contribution in [0.25, 0.3) is 0 Å². The minimum Gasteiger partial charge on any atom is -0.396 e. The molecule has 0 aliphatic rings. The number of hydrogen-bond acceptors (Lipinski definition) is 1. The Morgan fingerprint density at radius 3 is 2.00 bits per heavy atom. The summed E-state index contributed by atoms with van der Waals surface area (Å²) in [6, 6.07) is 0. The van der Waals surface area contributed by atoms with Crippen LogP contribution in [0.4, 0.5) is 17.6 Å². The Bertz CT molecular complexity index is 145. The van der Waals surface area contributed by atoms with E-state index in [1.807, 2.05) is 0 Å². The Labute approximate surface area is 75.9 Å². The van der Waals surface area contributed by atoms with E-state index in [1.54, 1.807) is 15.9 Å². The topological polar surface area (TPSA) is 20.2 Å². The summed E-state index contributed by atoms with van der Waals surface area (Å²) in [6.07, 6.45) is -0.353. The van der Waals surface area contributed by atoms with Crippen molar-refractivity contribution in [3.8, 4) is 0 Å². The summed E-state index contributed by atoms with van der Waals surface area (Å²) in [5.74, 6) is -5.69. The Kier molecular flexibility index (Phi) is 3.96. The number of alkyl halides is 5. The zero-order chi connectivity index (χ0) is 9.99. The highest BCUT2D eigenvalue weighted by atomic mass is 79.9. The lowest BCUT2D eigenvalue weighted by Crippen LogP contribution is -2.41. The number of aliphatic hydroxyl groups is 1. The van der Waals surface area contributed by atoms with Crippen LogP contribution in [0.3, 0.4) is 0 Å². The van der Waals surface area contributed by atoms with Gasteiger partial charge in [0.15, 0.2) is 0 Å². The molecule has 0 fully saturated rings. The van der Waals surface area contributed by atoms with Gasteiger partial charge < -0.3 is 5.11 Å². The molecule has 0 heterocycles. The van der Waals surface area contributed by atoms with E-state index >= 15 is 0 Å². The largest absolute Gasteiger partial charge is 0.396 e. The van der Waals surface area contributed by atoms with Crippen molar-refractivity contribution in [2.24, 2.45) is 5.92 Å². The van der Waals surface area contributed by atoms with Crippen molar-refractivity contribution < 1.29 is 22.7 Å². The normalized spacial score (nSPS) is 16.2. The van der Waals surface area contributed by atoms with Crippen LogP contribution in [-0.4, -0.2) is 22.5 Å². The van der Waals surface area contributed by atoms with Gasteiger partial charge in [0.1, 0.15) is 0 Å². The van der Waals surface area contributed by atoms with Crippen LogP contribution in [0, 0.1) is 5.92 Å². The van der Waals surface area contributed by atoms with Crippen LogP contribution < -0.4 is 0 Å². The summed E-state index contributed by atoms with van der Waals surface area (Å²) in [5.41, 5.74) is 0. The van der Waals surface area contributed by atoms with Gasteiger partial charge in [-0.05, 0) is 22.4 Å². The van der Waals surface area contributed by atoms with Crippen molar-refractivity contribution in [2.75, 3.05) is 6.61 Å². The molecule has 0 amide bonds. The quantitative estimate of drug-likeness (QED) is 0.603. The fraction of sp³-hybridized carbons (Fsp3) is 1.00. The molecule has 0 spiro atoms. The lowest BCUT2D eigenvalue weighted by atomic mass is 10.0. The van der Waals surface area contributed by atoms with E-state index in [9.17, 15) is 17.6 Å². The summed E-state index contributed by atoms with van der Waals surface area (Å²) in [4.78, 5) is -4.21. The van der Waals surface area contributed by atoms with E-state index in [0.29, 0.717) is 0 Å². The highest BCUT2D eigenvalue weighted by molar-refractivity contribution is 9.10. The number of aliphatic hydroxyl groups excluding tert-OH is 1. The molecular weight excluding hydrogens is 244 g/mol. The Balaban J connectivity index is 4.38. The summed E-state index contributed by atoms with van der Waals surface area (Å²) in [6.45, 7) is 0.436. The first-order valence-corrected chi connectivity index (χ1v) is 4.08. The molecule has 74 valence electrons. The summed E-state index contributed by atoms with van der Waals surface area (Å²) in [5, 5.41) is 8.27. The van der Waals surface area contributed by atoms with E-state index in [1.165, 1.54) is 0 Å². The van der Waals surface area contributed by atoms with Crippen LogP contribution >= 0.6 is 15.9 Å². The van der Waals surface area contributed by atoms with Gasteiger partial charge in [0.05, 0.1) is 0 Å². The van der Waals surface area contributed by atoms with Gasteiger partial charge in [-0.15, -0.1) is 0 Å². The Hall–Kier alpha value is 0.160. The molecule has 0 aliphatic carbocycles. The van der Waals surface area contributed by atoms with Crippen molar-refractivity contribution in [2.45, 2.75) is 24.1 Å². The second kappa shape index (κ2) is 3.91. The molecule has 12 heavy (non-hydrogen) atoms. The maximum Gasteiger partial charge on any atom is 0.363 e. The summed E-state index contributed by atoms with van der Waals surface area (Å²) in [7, 11) is 0. The molecule has 0 aromatic carbocycles. The first kappa shape index (κ1) is 12.2. The molecule has 0 aromatic rings. The fourth-order valence-corrected chi connectivity index (χ4v) is 1.05. The van der Waals surface area contributed by atoms with Gasteiger partial charge in [-0.2, -0.15) is 17.6 Å². The first-order chi connectivity index (χ1) is 5.23. The molecule has 0 rings (SSSR count). The van der Waals surface area contributed by atoms with Gasteiger partial charge in [-0.3, -0.25) is 0 Å². The average Bonchev–Trinajstić information content (AvgIpc) is 1.85. The van der Waals surface area contributed by atoms with E-state index in [0.717, 1.165) is 6.92 Å². The van der Waals surface area contributed by atoms with Gasteiger partial charge in [-0.1, -0.05) is 6.92 Å². The van der Waals surface area contributed by atoms with E-state index < -0.39 is 23.3 Å². The number of hydrogen-bond donors (Lipinski definition) is 1. The molecule has 0 radical (unpaired) electrons. The molecule has 1 unspecified atom stereocenters. The molecule has 6 heteroatoms. The highest BCUT2D eigenvalue weighted by Crippen LogP contribution is 2.45. The average molecular weight is 253 g/mol. The number of halogens is 5. The van der Waals surface area contributed by atoms with E-state index in [-0.39, 0.29) is 6.42 Å². The Morgan fingerprint density at radius 1 is 1.33 bits per heavy atom. The second-order valence-corrected chi connectivity index (χ2v) is 3.53. The summed E-state index contributed by atoms with van der Waals surface area (Å²) >= 11 is 1.61. The van der Waals surface area contributed by atoms with E-state index in [2.05, 4.69) is 0 Å². The minimum atomic E-state index is -4.21. The van der Waals surface area contributed by atoms with Gasteiger partial charge >= 0.3 is 10.8 Å². The maximum atomic E-state index is 12.6. The Morgan fingerprint density at radius 2 is 1.75 bits per heavy atom. The SMILES string of the molecule is CC(CCO)C(F)(F)C(F)(F)Br. The lowest BCUT2D eigenvalue weighted by molar-refractivity contribution is -0.180. The second-order valence-electron chi connectivity index (χ2n) is 2.53. The van der Waals surface area contributed by atoms with Gasteiger partial charge in [0, 0.05) is 12.5 Å². The smallest absolute Gasteiger partial charge is 0.363 e. The molecular formula is C6H9BrF4O.